The molecule has 0 heterocycles. The lowest BCUT2D eigenvalue weighted by atomic mass is 9.96. The van der Waals surface area contributed by atoms with Crippen LogP contribution in [0.25, 0.3) is 65.3 Å². The largest absolute Gasteiger partial charge is 0.310 e. The molecule has 0 aliphatic carbocycles. The molecule has 9 rings (SSSR count). The number of fused-ring (bicyclic) bond motifs is 6. The second-order valence-corrected chi connectivity index (χ2v) is 12.2. The topological polar surface area (TPSA) is 3.24 Å². The van der Waals surface area contributed by atoms with Crippen LogP contribution in [0.4, 0.5) is 17.1 Å². The first kappa shape index (κ1) is 27.2. The molecule has 1 heteroatoms. The lowest BCUT2D eigenvalue weighted by Crippen LogP contribution is -2.10. The molecule has 47 heavy (non-hydrogen) atoms. The van der Waals surface area contributed by atoms with Gasteiger partial charge in [-0.05, 0) is 102 Å². The fourth-order valence-electron chi connectivity index (χ4n) is 7.12. The highest BCUT2D eigenvalue weighted by Crippen LogP contribution is 2.41. The van der Waals surface area contributed by atoms with Crippen LogP contribution in [0.2, 0.25) is 0 Å². The van der Waals surface area contributed by atoms with Gasteiger partial charge in [0, 0.05) is 17.1 Å². The van der Waals surface area contributed by atoms with E-state index in [0.29, 0.717) is 0 Å². The molecule has 0 aliphatic rings. The monoisotopic (exact) mass is 597 g/mol. The Kier molecular flexibility index (Phi) is 6.54. The van der Waals surface area contributed by atoms with Gasteiger partial charge < -0.3 is 4.90 Å². The van der Waals surface area contributed by atoms with Crippen LogP contribution in [-0.2, 0) is 0 Å². The van der Waals surface area contributed by atoms with Gasteiger partial charge >= 0.3 is 0 Å². The van der Waals surface area contributed by atoms with Gasteiger partial charge in [0.05, 0.1) is 0 Å². The summed E-state index contributed by atoms with van der Waals surface area (Å²) in [5.74, 6) is 0. The van der Waals surface area contributed by atoms with Crippen LogP contribution in [0.15, 0.2) is 188 Å². The maximum atomic E-state index is 2.39. The van der Waals surface area contributed by atoms with E-state index in [-0.39, 0.29) is 0 Å². The number of hydrogen-bond acceptors (Lipinski definition) is 1. The first-order valence-corrected chi connectivity index (χ1v) is 16.2. The van der Waals surface area contributed by atoms with Crippen molar-refractivity contribution in [2.24, 2.45) is 0 Å². The lowest BCUT2D eigenvalue weighted by Gasteiger charge is -2.27. The van der Waals surface area contributed by atoms with Gasteiger partial charge in [-0.3, -0.25) is 0 Å². The van der Waals surface area contributed by atoms with E-state index in [1.807, 2.05) is 0 Å². The second kappa shape index (κ2) is 11.3. The van der Waals surface area contributed by atoms with Gasteiger partial charge in [0.15, 0.2) is 0 Å². The first-order valence-electron chi connectivity index (χ1n) is 16.2. The van der Waals surface area contributed by atoms with E-state index in [0.717, 1.165) is 17.1 Å². The summed E-state index contributed by atoms with van der Waals surface area (Å²) in [7, 11) is 0. The number of hydrogen-bond donors (Lipinski definition) is 0. The molecule has 0 saturated carbocycles. The third-order valence-electron chi connectivity index (χ3n) is 9.42. The second-order valence-electron chi connectivity index (χ2n) is 12.2. The highest BCUT2D eigenvalue weighted by molar-refractivity contribution is 6.17. The van der Waals surface area contributed by atoms with Crippen LogP contribution in [-0.4, -0.2) is 0 Å². The van der Waals surface area contributed by atoms with Gasteiger partial charge in [-0.25, -0.2) is 0 Å². The van der Waals surface area contributed by atoms with Gasteiger partial charge in [-0.15, -0.1) is 0 Å². The van der Waals surface area contributed by atoms with Crippen molar-refractivity contribution in [1.29, 1.82) is 0 Å². The SMILES string of the molecule is c1ccc(-c2ccc(N(c3cccc(-c4cccc5ccccc45)c3)c3ccc4ccc5c6ccccc6ccc5c4c3)cc2)cc1. The fraction of sp³-hybridized carbons (Fsp3) is 0. The fourth-order valence-corrected chi connectivity index (χ4v) is 7.12. The van der Waals surface area contributed by atoms with Gasteiger partial charge in [-0.2, -0.15) is 0 Å². The molecule has 0 radical (unpaired) electrons. The number of rotatable bonds is 5. The first-order chi connectivity index (χ1) is 23.3. The molecule has 0 atom stereocenters. The molecule has 0 amide bonds. The zero-order valence-electron chi connectivity index (χ0n) is 25.8. The predicted molar refractivity (Wildman–Crippen MR) is 202 cm³/mol. The summed E-state index contributed by atoms with van der Waals surface area (Å²) in [5.41, 5.74) is 8.21. The Labute approximate surface area is 274 Å². The number of benzene rings is 9. The summed E-state index contributed by atoms with van der Waals surface area (Å²) in [4.78, 5) is 2.39. The average molecular weight is 598 g/mol. The third-order valence-corrected chi connectivity index (χ3v) is 9.42. The molecule has 0 saturated heterocycles. The molecular formula is C46H31N. The highest BCUT2D eigenvalue weighted by Gasteiger charge is 2.16. The van der Waals surface area contributed by atoms with Crippen LogP contribution in [0, 0.1) is 0 Å². The van der Waals surface area contributed by atoms with Crippen LogP contribution < -0.4 is 4.90 Å². The number of anilines is 3. The molecule has 0 N–H and O–H groups in total. The molecule has 9 aromatic rings. The standard InChI is InChI=1S/C46H31N/c1-2-10-32(11-3-1)33-20-25-38(26-21-33)47(39-16-8-15-37(30-39)43-19-9-14-34-12-4-6-17-41(34)43)40-27-22-36-24-28-44-42-18-7-5-13-35(42)23-29-45(44)46(36)31-40/h1-31H. The van der Waals surface area contributed by atoms with Crippen molar-refractivity contribution in [3.63, 3.8) is 0 Å². The Morgan fingerprint density at radius 1 is 0.255 bits per heavy atom. The van der Waals surface area contributed by atoms with E-state index in [1.54, 1.807) is 0 Å². The summed E-state index contributed by atoms with van der Waals surface area (Å²) in [5, 5.41) is 10.1. The van der Waals surface area contributed by atoms with E-state index in [4.69, 9.17) is 0 Å². The van der Waals surface area contributed by atoms with E-state index in [9.17, 15) is 0 Å². The molecule has 220 valence electrons. The Bertz CT molecular complexity index is 2560. The van der Waals surface area contributed by atoms with Crippen molar-refractivity contribution in [3.05, 3.63) is 188 Å². The summed E-state index contributed by atoms with van der Waals surface area (Å²) >= 11 is 0. The lowest BCUT2D eigenvalue weighted by molar-refractivity contribution is 1.29. The van der Waals surface area contributed by atoms with Crippen LogP contribution >= 0.6 is 0 Å². The Balaban J connectivity index is 1.24. The van der Waals surface area contributed by atoms with Crippen molar-refractivity contribution in [2.75, 3.05) is 4.90 Å². The van der Waals surface area contributed by atoms with Crippen molar-refractivity contribution in [3.8, 4) is 22.3 Å². The summed E-state index contributed by atoms with van der Waals surface area (Å²) in [6.45, 7) is 0. The van der Waals surface area contributed by atoms with Crippen molar-refractivity contribution in [2.45, 2.75) is 0 Å². The maximum absolute atomic E-state index is 2.39. The van der Waals surface area contributed by atoms with Crippen LogP contribution in [0.1, 0.15) is 0 Å². The minimum absolute atomic E-state index is 1.12. The average Bonchev–Trinajstić information content (AvgIpc) is 3.15. The highest BCUT2D eigenvalue weighted by atomic mass is 15.1. The minimum atomic E-state index is 1.12. The van der Waals surface area contributed by atoms with Crippen LogP contribution in [0.5, 0.6) is 0 Å². The molecule has 0 aromatic heterocycles. The zero-order valence-corrected chi connectivity index (χ0v) is 25.8. The Morgan fingerprint density at radius 2 is 0.787 bits per heavy atom. The van der Waals surface area contributed by atoms with Crippen molar-refractivity contribution in [1.82, 2.24) is 0 Å². The van der Waals surface area contributed by atoms with E-state index >= 15 is 0 Å². The van der Waals surface area contributed by atoms with Gasteiger partial charge in [-0.1, -0.05) is 152 Å². The smallest absolute Gasteiger partial charge is 0.0468 e. The van der Waals surface area contributed by atoms with Crippen molar-refractivity contribution >= 4 is 60.2 Å². The summed E-state index contributed by atoms with van der Waals surface area (Å²) in [6, 6.07) is 68.3. The molecule has 0 aliphatic heterocycles. The van der Waals surface area contributed by atoms with Gasteiger partial charge in [0.1, 0.15) is 0 Å². The number of nitrogens with zero attached hydrogens (tertiary/aromatic N) is 1. The molecule has 0 unspecified atom stereocenters. The summed E-state index contributed by atoms with van der Waals surface area (Å²) < 4.78 is 0. The molecule has 0 fully saturated rings. The third kappa shape index (κ3) is 4.81. The molecule has 1 nitrogen and oxygen atoms in total. The zero-order chi connectivity index (χ0) is 31.2. The van der Waals surface area contributed by atoms with E-state index in [2.05, 4.69) is 193 Å². The molecule has 0 bridgehead atoms. The van der Waals surface area contributed by atoms with Gasteiger partial charge in [0.25, 0.3) is 0 Å². The normalized spacial score (nSPS) is 11.4. The van der Waals surface area contributed by atoms with E-state index in [1.165, 1.54) is 65.3 Å². The Hall–Kier alpha value is -6.18. The molecule has 9 aromatic carbocycles. The minimum Gasteiger partial charge on any atom is -0.310 e. The Morgan fingerprint density at radius 3 is 1.60 bits per heavy atom. The van der Waals surface area contributed by atoms with Crippen LogP contribution in [0.3, 0.4) is 0 Å². The summed E-state index contributed by atoms with van der Waals surface area (Å²) in [6.07, 6.45) is 0. The maximum Gasteiger partial charge on any atom is 0.0468 e. The van der Waals surface area contributed by atoms with Gasteiger partial charge in [0.2, 0.25) is 0 Å². The van der Waals surface area contributed by atoms with E-state index < -0.39 is 0 Å². The molecule has 0 spiro atoms. The van der Waals surface area contributed by atoms with Crippen molar-refractivity contribution < 1.29 is 0 Å². The molecular weight excluding hydrogens is 567 g/mol. The quantitative estimate of drug-likeness (QED) is 0.178. The predicted octanol–water partition coefficient (Wildman–Crippen LogP) is 13.1.